The number of pyridine rings is 1. The number of nitrogens with one attached hydrogen (secondary N) is 2. The molecule has 3 N–H and O–H groups in total. The number of aliphatic hydroxyl groups excluding tert-OH is 1. The van der Waals surface area contributed by atoms with Crippen LogP contribution in [0.1, 0.15) is 26.2 Å². The third-order valence-electron chi connectivity index (χ3n) is 5.26. The van der Waals surface area contributed by atoms with E-state index in [-0.39, 0.29) is 11.9 Å². The molecule has 160 valence electrons. The van der Waals surface area contributed by atoms with Crippen LogP contribution in [-0.2, 0) is 4.74 Å². The first-order valence-corrected chi connectivity index (χ1v) is 10.4. The number of halogens is 2. The number of rotatable bonds is 7. The standard InChI is InChI=1S/C20H24ClFN6O2/c1-2-30-20(29)28-6-4-3-5-13(28)9-24-19-16(22)11-26-18(27-19)15-10-25-17-14(15)7-12(21)8-23-17/h7-8,10-11,13,20,29H,2-6,9H2,1H3,(H,23,25)(H,24,26,27). The van der Waals surface area contributed by atoms with Gasteiger partial charge in [0, 0.05) is 49.1 Å². The molecule has 2 unspecified atom stereocenters. The van der Waals surface area contributed by atoms with Crippen molar-refractivity contribution in [2.45, 2.75) is 38.6 Å². The number of fused-ring (bicyclic) bond motifs is 1. The number of piperidine rings is 1. The third kappa shape index (κ3) is 4.39. The quantitative estimate of drug-likeness (QED) is 0.490. The number of aromatic nitrogens is 4. The maximum absolute atomic E-state index is 14.4. The van der Waals surface area contributed by atoms with Gasteiger partial charge in [-0.1, -0.05) is 18.0 Å². The molecule has 0 bridgehead atoms. The van der Waals surface area contributed by atoms with Gasteiger partial charge < -0.3 is 20.1 Å². The predicted octanol–water partition coefficient (Wildman–Crippen LogP) is 3.39. The number of hydrogen-bond donors (Lipinski definition) is 3. The summed E-state index contributed by atoms with van der Waals surface area (Å²) in [4.78, 5) is 17.7. The molecule has 30 heavy (non-hydrogen) atoms. The lowest BCUT2D eigenvalue weighted by Gasteiger charge is -2.38. The maximum Gasteiger partial charge on any atom is 0.216 e. The summed E-state index contributed by atoms with van der Waals surface area (Å²) in [5.41, 5.74) is 1.34. The van der Waals surface area contributed by atoms with Crippen LogP contribution < -0.4 is 5.32 Å². The summed E-state index contributed by atoms with van der Waals surface area (Å²) in [5, 5.41) is 14.6. The average Bonchev–Trinajstić information content (AvgIpc) is 3.16. The van der Waals surface area contributed by atoms with E-state index in [1.165, 1.54) is 0 Å². The van der Waals surface area contributed by atoms with Gasteiger partial charge in [-0.15, -0.1) is 0 Å². The van der Waals surface area contributed by atoms with Gasteiger partial charge >= 0.3 is 0 Å². The molecule has 3 aromatic rings. The van der Waals surface area contributed by atoms with Crippen molar-refractivity contribution in [3.05, 3.63) is 35.5 Å². The first-order chi connectivity index (χ1) is 14.6. The van der Waals surface area contributed by atoms with Gasteiger partial charge in [0.15, 0.2) is 17.5 Å². The molecule has 0 radical (unpaired) electrons. The molecule has 8 nitrogen and oxygen atoms in total. The Morgan fingerprint density at radius 1 is 1.40 bits per heavy atom. The summed E-state index contributed by atoms with van der Waals surface area (Å²) in [6.07, 6.45) is 6.38. The zero-order chi connectivity index (χ0) is 21.1. The van der Waals surface area contributed by atoms with Crippen LogP contribution in [0.4, 0.5) is 10.2 Å². The third-order valence-corrected chi connectivity index (χ3v) is 5.47. The van der Waals surface area contributed by atoms with E-state index in [1.807, 2.05) is 11.8 Å². The highest BCUT2D eigenvalue weighted by Crippen LogP contribution is 2.28. The van der Waals surface area contributed by atoms with Crippen molar-refractivity contribution in [1.29, 1.82) is 0 Å². The molecule has 3 aromatic heterocycles. The molecule has 2 atom stereocenters. The smallest absolute Gasteiger partial charge is 0.216 e. The first-order valence-electron chi connectivity index (χ1n) is 10.0. The number of aromatic amines is 1. The van der Waals surface area contributed by atoms with E-state index in [1.54, 1.807) is 18.5 Å². The Morgan fingerprint density at radius 3 is 3.10 bits per heavy atom. The molecule has 0 amide bonds. The number of likely N-dealkylation sites (tertiary alicyclic amines) is 1. The minimum absolute atomic E-state index is 0.00853. The Morgan fingerprint density at radius 2 is 2.27 bits per heavy atom. The van der Waals surface area contributed by atoms with Crippen LogP contribution >= 0.6 is 11.6 Å². The summed E-state index contributed by atoms with van der Waals surface area (Å²) in [6.45, 7) is 3.42. The SMILES string of the molecule is CCOC(O)N1CCCCC1CNc1nc(-c2c[nH]c3ncc(Cl)cc23)ncc1F. The van der Waals surface area contributed by atoms with Crippen LogP contribution in [0.15, 0.2) is 24.7 Å². The fourth-order valence-electron chi connectivity index (χ4n) is 3.78. The summed E-state index contributed by atoms with van der Waals surface area (Å²) in [6, 6.07) is 1.78. The van der Waals surface area contributed by atoms with E-state index in [9.17, 15) is 9.50 Å². The van der Waals surface area contributed by atoms with Crippen molar-refractivity contribution in [3.63, 3.8) is 0 Å². The van der Waals surface area contributed by atoms with Gasteiger partial charge in [0.25, 0.3) is 0 Å². The Balaban J connectivity index is 1.54. The molecule has 4 rings (SSSR count). The Labute approximate surface area is 178 Å². The van der Waals surface area contributed by atoms with Crippen LogP contribution in [0.25, 0.3) is 22.4 Å². The number of anilines is 1. The van der Waals surface area contributed by atoms with Gasteiger partial charge in [-0.05, 0) is 25.8 Å². The average molecular weight is 435 g/mol. The highest BCUT2D eigenvalue weighted by atomic mass is 35.5. The number of aliphatic hydroxyl groups is 1. The van der Waals surface area contributed by atoms with Crippen molar-refractivity contribution >= 4 is 28.5 Å². The normalized spacial score (nSPS) is 18.6. The largest absolute Gasteiger partial charge is 0.366 e. The molecule has 1 saturated heterocycles. The molecule has 0 aliphatic carbocycles. The number of H-pyrrole nitrogens is 1. The second-order valence-corrected chi connectivity index (χ2v) is 7.63. The Hall–Kier alpha value is -2.33. The second-order valence-electron chi connectivity index (χ2n) is 7.19. The molecule has 0 aromatic carbocycles. The zero-order valence-corrected chi connectivity index (χ0v) is 17.4. The van der Waals surface area contributed by atoms with E-state index in [2.05, 4.69) is 25.3 Å². The van der Waals surface area contributed by atoms with Crippen LogP contribution in [0.2, 0.25) is 5.02 Å². The minimum atomic E-state index is -0.962. The van der Waals surface area contributed by atoms with Gasteiger partial charge in [-0.3, -0.25) is 4.90 Å². The van der Waals surface area contributed by atoms with Gasteiger partial charge in [0.2, 0.25) is 6.41 Å². The highest BCUT2D eigenvalue weighted by Gasteiger charge is 2.28. The highest BCUT2D eigenvalue weighted by molar-refractivity contribution is 6.31. The summed E-state index contributed by atoms with van der Waals surface area (Å²) in [5.74, 6) is -0.0627. The fraction of sp³-hybridized carbons (Fsp3) is 0.450. The van der Waals surface area contributed by atoms with Gasteiger partial charge in [0.1, 0.15) is 5.65 Å². The lowest BCUT2D eigenvalue weighted by molar-refractivity contribution is -0.207. The maximum atomic E-state index is 14.4. The molecule has 0 saturated carbocycles. The van der Waals surface area contributed by atoms with Gasteiger partial charge in [-0.2, -0.15) is 0 Å². The first kappa shape index (κ1) is 20.9. The molecule has 10 heteroatoms. The molecule has 1 fully saturated rings. The van der Waals surface area contributed by atoms with Crippen molar-refractivity contribution < 1.29 is 14.2 Å². The number of ether oxygens (including phenoxy) is 1. The number of hydrogen-bond acceptors (Lipinski definition) is 7. The lowest BCUT2D eigenvalue weighted by Crippen LogP contribution is -2.50. The lowest BCUT2D eigenvalue weighted by atomic mass is 10.0. The zero-order valence-electron chi connectivity index (χ0n) is 16.6. The summed E-state index contributed by atoms with van der Waals surface area (Å²) >= 11 is 6.06. The van der Waals surface area contributed by atoms with Gasteiger partial charge in [-0.25, -0.2) is 19.3 Å². The second kappa shape index (κ2) is 9.22. The van der Waals surface area contributed by atoms with E-state index >= 15 is 0 Å². The molecule has 4 heterocycles. The molecule has 1 aliphatic rings. The molecule has 0 spiro atoms. The summed E-state index contributed by atoms with van der Waals surface area (Å²) in [7, 11) is 0. The summed E-state index contributed by atoms with van der Waals surface area (Å²) < 4.78 is 19.7. The minimum Gasteiger partial charge on any atom is -0.366 e. The Kier molecular flexibility index (Phi) is 6.43. The Bertz CT molecular complexity index is 1020. The van der Waals surface area contributed by atoms with Crippen LogP contribution in [-0.4, -0.2) is 62.1 Å². The monoisotopic (exact) mass is 434 g/mol. The van der Waals surface area contributed by atoms with Crippen LogP contribution in [0, 0.1) is 5.82 Å². The topological polar surface area (TPSA) is 99.2 Å². The predicted molar refractivity (Wildman–Crippen MR) is 113 cm³/mol. The van der Waals surface area contributed by atoms with Crippen molar-refractivity contribution in [1.82, 2.24) is 24.8 Å². The van der Waals surface area contributed by atoms with E-state index in [0.29, 0.717) is 35.2 Å². The van der Waals surface area contributed by atoms with E-state index < -0.39 is 12.2 Å². The van der Waals surface area contributed by atoms with Gasteiger partial charge in [0.05, 0.1) is 11.2 Å². The van der Waals surface area contributed by atoms with Crippen molar-refractivity contribution in [2.75, 3.05) is 25.0 Å². The molecule has 1 aliphatic heterocycles. The van der Waals surface area contributed by atoms with Crippen molar-refractivity contribution in [3.8, 4) is 11.4 Å². The fourth-order valence-corrected chi connectivity index (χ4v) is 3.93. The van der Waals surface area contributed by atoms with Crippen LogP contribution in [0.3, 0.4) is 0 Å². The number of nitrogens with zero attached hydrogens (tertiary/aromatic N) is 4. The van der Waals surface area contributed by atoms with Crippen molar-refractivity contribution in [2.24, 2.45) is 0 Å². The van der Waals surface area contributed by atoms with E-state index in [0.717, 1.165) is 37.4 Å². The molecular formula is C20H24ClFN6O2. The molecular weight excluding hydrogens is 411 g/mol. The van der Waals surface area contributed by atoms with E-state index in [4.69, 9.17) is 16.3 Å². The van der Waals surface area contributed by atoms with Crippen LogP contribution in [0.5, 0.6) is 0 Å².